The van der Waals surface area contributed by atoms with Crippen molar-refractivity contribution in [3.05, 3.63) is 17.3 Å². The number of nitrogens with one attached hydrogen (secondary N) is 1. The highest BCUT2D eigenvalue weighted by molar-refractivity contribution is 5.05. The Morgan fingerprint density at radius 1 is 1.30 bits per heavy atom. The molecule has 0 spiro atoms. The molecule has 1 unspecified atom stereocenters. The summed E-state index contributed by atoms with van der Waals surface area (Å²) in [7, 11) is 0. The quantitative estimate of drug-likeness (QED) is 0.629. The summed E-state index contributed by atoms with van der Waals surface area (Å²) in [6.45, 7) is 10.0. The smallest absolute Gasteiger partial charge is 0.208 e. The molecule has 1 aromatic rings. The lowest BCUT2D eigenvalue weighted by molar-refractivity contribution is -0.0101. The SMILES string of the molecule is Cc1nc(CNCC(O)COCCOC(C)C)oc1C. The molecule has 0 aliphatic rings. The zero-order chi connectivity index (χ0) is 15.0. The van der Waals surface area contributed by atoms with E-state index in [4.69, 9.17) is 13.9 Å². The number of rotatable bonds is 10. The molecule has 6 heteroatoms. The molecule has 1 aromatic heterocycles. The van der Waals surface area contributed by atoms with Gasteiger partial charge in [0.2, 0.25) is 5.89 Å². The fourth-order valence-electron chi connectivity index (χ4n) is 1.58. The van der Waals surface area contributed by atoms with Crippen LogP contribution in [0.2, 0.25) is 0 Å². The summed E-state index contributed by atoms with van der Waals surface area (Å²) in [6, 6.07) is 0. The lowest BCUT2D eigenvalue weighted by Gasteiger charge is -2.12. The molecule has 0 aliphatic carbocycles. The van der Waals surface area contributed by atoms with Gasteiger partial charge in [0, 0.05) is 6.54 Å². The zero-order valence-corrected chi connectivity index (χ0v) is 12.8. The summed E-state index contributed by atoms with van der Waals surface area (Å²) >= 11 is 0. The molecular weight excluding hydrogens is 260 g/mol. The Kier molecular flexibility index (Phi) is 7.76. The van der Waals surface area contributed by atoms with Crippen LogP contribution < -0.4 is 5.32 Å². The van der Waals surface area contributed by atoms with Crippen LogP contribution in [0.1, 0.15) is 31.2 Å². The number of nitrogens with zero attached hydrogens (tertiary/aromatic N) is 1. The second-order valence-electron chi connectivity index (χ2n) is 5.03. The van der Waals surface area contributed by atoms with Crippen LogP contribution in [-0.2, 0) is 16.0 Å². The van der Waals surface area contributed by atoms with E-state index in [-0.39, 0.29) is 12.7 Å². The summed E-state index contributed by atoms with van der Waals surface area (Å²) in [5.74, 6) is 1.47. The second-order valence-corrected chi connectivity index (χ2v) is 5.03. The van der Waals surface area contributed by atoms with Gasteiger partial charge >= 0.3 is 0 Å². The van der Waals surface area contributed by atoms with Gasteiger partial charge in [0.25, 0.3) is 0 Å². The van der Waals surface area contributed by atoms with Crippen LogP contribution in [0.3, 0.4) is 0 Å². The van der Waals surface area contributed by atoms with Gasteiger partial charge in [-0.15, -0.1) is 0 Å². The van der Waals surface area contributed by atoms with Crippen LogP contribution >= 0.6 is 0 Å². The van der Waals surface area contributed by atoms with E-state index >= 15 is 0 Å². The van der Waals surface area contributed by atoms with E-state index in [0.717, 1.165) is 11.5 Å². The maximum atomic E-state index is 9.72. The van der Waals surface area contributed by atoms with Crippen molar-refractivity contribution >= 4 is 0 Å². The third kappa shape index (κ3) is 7.00. The topological polar surface area (TPSA) is 76.8 Å². The molecule has 6 nitrogen and oxygen atoms in total. The van der Waals surface area contributed by atoms with E-state index in [9.17, 15) is 5.11 Å². The van der Waals surface area contributed by atoms with E-state index in [0.29, 0.717) is 32.2 Å². The molecular formula is C14H26N2O4. The molecule has 0 aromatic carbocycles. The maximum Gasteiger partial charge on any atom is 0.208 e. The van der Waals surface area contributed by atoms with Gasteiger partial charge in [-0.2, -0.15) is 0 Å². The Hall–Kier alpha value is -0.950. The van der Waals surface area contributed by atoms with Gasteiger partial charge < -0.3 is 24.3 Å². The van der Waals surface area contributed by atoms with Crippen LogP contribution in [0.4, 0.5) is 0 Å². The third-order valence-corrected chi connectivity index (χ3v) is 2.72. The molecule has 20 heavy (non-hydrogen) atoms. The molecule has 0 saturated carbocycles. The number of aromatic nitrogens is 1. The number of aliphatic hydroxyl groups excluding tert-OH is 1. The average molecular weight is 286 g/mol. The number of ether oxygens (including phenoxy) is 2. The third-order valence-electron chi connectivity index (χ3n) is 2.72. The van der Waals surface area contributed by atoms with E-state index in [1.807, 2.05) is 27.7 Å². The van der Waals surface area contributed by atoms with Crippen molar-refractivity contribution in [2.45, 2.75) is 46.4 Å². The molecule has 0 aliphatic heterocycles. The Balaban J connectivity index is 2.04. The molecule has 1 rings (SSSR count). The van der Waals surface area contributed by atoms with Crippen molar-refractivity contribution in [2.24, 2.45) is 0 Å². The summed E-state index contributed by atoms with van der Waals surface area (Å²) < 4.78 is 16.1. The van der Waals surface area contributed by atoms with Crippen molar-refractivity contribution < 1.29 is 19.0 Å². The van der Waals surface area contributed by atoms with Crippen LogP contribution in [0, 0.1) is 13.8 Å². The van der Waals surface area contributed by atoms with Gasteiger partial charge in [-0.25, -0.2) is 4.98 Å². The van der Waals surface area contributed by atoms with E-state index < -0.39 is 6.10 Å². The first kappa shape index (κ1) is 17.1. The molecule has 0 bridgehead atoms. The molecule has 116 valence electrons. The van der Waals surface area contributed by atoms with Crippen LogP contribution in [-0.4, -0.2) is 48.7 Å². The number of aliphatic hydroxyl groups is 1. The van der Waals surface area contributed by atoms with E-state index in [1.165, 1.54) is 0 Å². The first-order valence-electron chi connectivity index (χ1n) is 7.00. The number of hydrogen-bond acceptors (Lipinski definition) is 6. The van der Waals surface area contributed by atoms with Crippen LogP contribution in [0.25, 0.3) is 0 Å². The highest BCUT2D eigenvalue weighted by Gasteiger charge is 2.07. The molecule has 0 saturated heterocycles. The minimum Gasteiger partial charge on any atom is -0.444 e. The van der Waals surface area contributed by atoms with Crippen LogP contribution in [0.15, 0.2) is 4.42 Å². The molecule has 1 atom stereocenters. The van der Waals surface area contributed by atoms with Gasteiger partial charge in [0.15, 0.2) is 0 Å². The molecule has 0 fully saturated rings. The minimum atomic E-state index is -0.550. The predicted octanol–water partition coefficient (Wildman–Crippen LogP) is 1.18. The van der Waals surface area contributed by atoms with Gasteiger partial charge in [-0.05, 0) is 27.7 Å². The van der Waals surface area contributed by atoms with Gasteiger partial charge in [-0.1, -0.05) is 0 Å². The lowest BCUT2D eigenvalue weighted by Crippen LogP contribution is -2.30. The number of oxazole rings is 1. The molecule has 2 N–H and O–H groups in total. The van der Waals surface area contributed by atoms with Crippen molar-refractivity contribution in [3.63, 3.8) is 0 Å². The fraction of sp³-hybridized carbons (Fsp3) is 0.786. The van der Waals surface area contributed by atoms with Gasteiger partial charge in [-0.3, -0.25) is 0 Å². The lowest BCUT2D eigenvalue weighted by atomic mass is 10.4. The zero-order valence-electron chi connectivity index (χ0n) is 12.8. The Morgan fingerprint density at radius 3 is 2.65 bits per heavy atom. The maximum absolute atomic E-state index is 9.72. The molecule has 1 heterocycles. The highest BCUT2D eigenvalue weighted by atomic mass is 16.5. The first-order chi connectivity index (χ1) is 9.49. The summed E-state index contributed by atoms with van der Waals surface area (Å²) in [6.07, 6.45) is -0.343. The standard InChI is InChI=1S/C14H26N2O4/c1-10(2)19-6-5-18-9-13(17)7-15-8-14-16-11(3)12(4)20-14/h10,13,15,17H,5-9H2,1-4H3. The van der Waals surface area contributed by atoms with Gasteiger partial charge in [0.1, 0.15) is 5.76 Å². The second kappa shape index (κ2) is 9.07. The summed E-state index contributed by atoms with van der Waals surface area (Å²) in [5, 5.41) is 12.8. The summed E-state index contributed by atoms with van der Waals surface area (Å²) in [4.78, 5) is 4.25. The highest BCUT2D eigenvalue weighted by Crippen LogP contribution is 2.07. The Morgan fingerprint density at radius 2 is 2.05 bits per heavy atom. The minimum absolute atomic E-state index is 0.206. The first-order valence-corrected chi connectivity index (χ1v) is 7.00. The van der Waals surface area contributed by atoms with Crippen molar-refractivity contribution in [2.75, 3.05) is 26.4 Å². The van der Waals surface area contributed by atoms with E-state index in [1.54, 1.807) is 0 Å². The molecule has 0 amide bonds. The predicted molar refractivity (Wildman–Crippen MR) is 75.6 cm³/mol. The van der Waals surface area contributed by atoms with Crippen molar-refractivity contribution in [1.82, 2.24) is 10.3 Å². The average Bonchev–Trinajstić information content (AvgIpc) is 2.68. The molecule has 0 radical (unpaired) electrons. The fourth-order valence-corrected chi connectivity index (χ4v) is 1.58. The largest absolute Gasteiger partial charge is 0.444 e. The van der Waals surface area contributed by atoms with E-state index in [2.05, 4.69) is 10.3 Å². The summed E-state index contributed by atoms with van der Waals surface area (Å²) in [5.41, 5.74) is 0.899. The Bertz CT molecular complexity index is 360. The van der Waals surface area contributed by atoms with Crippen molar-refractivity contribution in [1.29, 1.82) is 0 Å². The normalized spacial score (nSPS) is 13.1. The monoisotopic (exact) mass is 286 g/mol. The number of hydrogen-bond donors (Lipinski definition) is 2. The van der Waals surface area contributed by atoms with Gasteiger partial charge in [0.05, 0.1) is 44.3 Å². The number of aryl methyl sites for hydroxylation is 2. The van der Waals surface area contributed by atoms with Crippen molar-refractivity contribution in [3.8, 4) is 0 Å². The Labute approximate surface area is 120 Å². The van der Waals surface area contributed by atoms with Crippen LogP contribution in [0.5, 0.6) is 0 Å².